The molecule has 0 aromatic carbocycles. The summed E-state index contributed by atoms with van der Waals surface area (Å²) in [5, 5.41) is 2.63. The number of hydrogen-bond acceptors (Lipinski definition) is 5. The van der Waals surface area contributed by atoms with Crippen molar-refractivity contribution in [3.8, 4) is 0 Å². The molecular formula is C11H16N4O3S2. The first-order valence-electron chi connectivity index (χ1n) is 5.78. The number of carbonyl (C=O) groups is 1. The molecule has 7 nitrogen and oxygen atoms in total. The van der Waals surface area contributed by atoms with Crippen LogP contribution in [-0.2, 0) is 10.0 Å². The van der Waals surface area contributed by atoms with Gasteiger partial charge in [0.05, 0.1) is 6.26 Å². The molecule has 0 unspecified atom stereocenters. The quantitative estimate of drug-likeness (QED) is 0.456. The number of sulfonamides is 1. The van der Waals surface area contributed by atoms with Gasteiger partial charge in [-0.2, -0.15) is 0 Å². The van der Waals surface area contributed by atoms with E-state index in [-0.39, 0.29) is 23.1 Å². The molecule has 0 aliphatic carbocycles. The summed E-state index contributed by atoms with van der Waals surface area (Å²) in [6.45, 7) is 0.618. The minimum absolute atomic E-state index is 0.219. The maximum Gasteiger partial charge on any atom is 0.269 e. The third-order valence-corrected chi connectivity index (χ3v) is 3.25. The minimum atomic E-state index is -3.19. The van der Waals surface area contributed by atoms with Crippen LogP contribution in [0.3, 0.4) is 0 Å². The van der Waals surface area contributed by atoms with Crippen LogP contribution < -0.4 is 15.8 Å². The molecule has 1 aromatic heterocycles. The molecule has 0 aliphatic rings. The Morgan fingerprint density at radius 1 is 1.40 bits per heavy atom. The normalized spacial score (nSPS) is 11.1. The van der Waals surface area contributed by atoms with E-state index in [4.69, 9.17) is 18.0 Å². The van der Waals surface area contributed by atoms with Gasteiger partial charge < -0.3 is 11.1 Å². The summed E-state index contributed by atoms with van der Waals surface area (Å²) in [7, 11) is -3.19. The van der Waals surface area contributed by atoms with E-state index in [1.807, 2.05) is 0 Å². The molecule has 0 fully saturated rings. The van der Waals surface area contributed by atoms with Crippen molar-refractivity contribution in [2.24, 2.45) is 5.73 Å². The second-order valence-electron chi connectivity index (χ2n) is 4.07. The molecule has 0 saturated carbocycles. The van der Waals surface area contributed by atoms with Gasteiger partial charge in [-0.25, -0.2) is 13.1 Å². The van der Waals surface area contributed by atoms with Crippen molar-refractivity contribution in [3.63, 3.8) is 0 Å². The molecule has 20 heavy (non-hydrogen) atoms. The highest BCUT2D eigenvalue weighted by Crippen LogP contribution is 2.00. The van der Waals surface area contributed by atoms with Crippen molar-refractivity contribution in [1.29, 1.82) is 0 Å². The Hall–Kier alpha value is -1.58. The highest BCUT2D eigenvalue weighted by atomic mass is 32.2. The van der Waals surface area contributed by atoms with Crippen LogP contribution in [0.1, 0.15) is 22.5 Å². The molecule has 0 atom stereocenters. The lowest BCUT2D eigenvalue weighted by atomic mass is 10.2. The van der Waals surface area contributed by atoms with Gasteiger partial charge in [-0.1, -0.05) is 12.2 Å². The van der Waals surface area contributed by atoms with Crippen LogP contribution in [0.2, 0.25) is 0 Å². The summed E-state index contributed by atoms with van der Waals surface area (Å²) in [5.74, 6) is -0.334. The Bertz CT molecular complexity index is 584. The number of nitrogens with two attached hydrogens (primary N) is 1. The number of aromatic nitrogens is 1. The van der Waals surface area contributed by atoms with E-state index in [0.29, 0.717) is 18.5 Å². The van der Waals surface area contributed by atoms with Gasteiger partial charge in [-0.05, 0) is 18.6 Å². The fourth-order valence-electron chi connectivity index (χ4n) is 1.31. The molecule has 1 amide bonds. The lowest BCUT2D eigenvalue weighted by Gasteiger charge is -2.05. The van der Waals surface area contributed by atoms with Gasteiger partial charge in [-0.15, -0.1) is 0 Å². The zero-order valence-corrected chi connectivity index (χ0v) is 12.6. The average molecular weight is 316 g/mol. The molecule has 1 rings (SSSR count). The van der Waals surface area contributed by atoms with Crippen LogP contribution in [0.5, 0.6) is 0 Å². The average Bonchev–Trinajstić information content (AvgIpc) is 2.37. The van der Waals surface area contributed by atoms with E-state index < -0.39 is 10.0 Å². The molecule has 4 N–H and O–H groups in total. The van der Waals surface area contributed by atoms with E-state index in [2.05, 4.69) is 15.0 Å². The molecule has 1 aromatic rings. The first-order chi connectivity index (χ1) is 9.29. The van der Waals surface area contributed by atoms with E-state index in [0.717, 1.165) is 6.26 Å². The molecule has 0 bridgehead atoms. The van der Waals surface area contributed by atoms with Gasteiger partial charge in [0.15, 0.2) is 0 Å². The van der Waals surface area contributed by atoms with Crippen molar-refractivity contribution in [2.45, 2.75) is 6.42 Å². The smallest absolute Gasteiger partial charge is 0.269 e. The molecule has 0 radical (unpaired) electrons. The van der Waals surface area contributed by atoms with E-state index in [1.54, 1.807) is 6.07 Å². The van der Waals surface area contributed by atoms with Gasteiger partial charge in [0.2, 0.25) is 10.0 Å². The Morgan fingerprint density at radius 2 is 2.10 bits per heavy atom. The first-order valence-corrected chi connectivity index (χ1v) is 8.08. The van der Waals surface area contributed by atoms with Crippen LogP contribution in [-0.4, -0.2) is 43.6 Å². The van der Waals surface area contributed by atoms with E-state index in [9.17, 15) is 13.2 Å². The van der Waals surface area contributed by atoms with E-state index >= 15 is 0 Å². The predicted molar refractivity (Wildman–Crippen MR) is 79.9 cm³/mol. The topological polar surface area (TPSA) is 114 Å². The lowest BCUT2D eigenvalue weighted by molar-refractivity contribution is 0.0948. The van der Waals surface area contributed by atoms with Gasteiger partial charge in [-0.3, -0.25) is 9.78 Å². The zero-order chi connectivity index (χ0) is 15.2. The highest BCUT2D eigenvalue weighted by molar-refractivity contribution is 7.88. The zero-order valence-electron chi connectivity index (χ0n) is 10.9. The van der Waals surface area contributed by atoms with Gasteiger partial charge in [0.1, 0.15) is 10.7 Å². The van der Waals surface area contributed by atoms with Crippen LogP contribution in [0.15, 0.2) is 18.3 Å². The van der Waals surface area contributed by atoms with Gasteiger partial charge in [0, 0.05) is 24.8 Å². The van der Waals surface area contributed by atoms with Gasteiger partial charge in [0.25, 0.3) is 5.91 Å². The second-order valence-corrected chi connectivity index (χ2v) is 6.35. The van der Waals surface area contributed by atoms with Crippen molar-refractivity contribution in [3.05, 3.63) is 29.6 Å². The van der Waals surface area contributed by atoms with E-state index in [1.165, 1.54) is 12.3 Å². The number of rotatable bonds is 7. The molecule has 0 aliphatic heterocycles. The summed E-state index contributed by atoms with van der Waals surface area (Å²) in [6.07, 6.45) is 3.01. The van der Waals surface area contributed by atoms with Crippen LogP contribution in [0.25, 0.3) is 0 Å². The highest BCUT2D eigenvalue weighted by Gasteiger charge is 2.07. The number of nitrogens with zero attached hydrogens (tertiary/aromatic N) is 1. The predicted octanol–water partition coefficient (Wildman–Crippen LogP) is -0.615. The number of carbonyl (C=O) groups excluding carboxylic acids is 1. The fourth-order valence-corrected chi connectivity index (χ4v) is 1.95. The Morgan fingerprint density at radius 3 is 2.60 bits per heavy atom. The fraction of sp³-hybridized carbons (Fsp3) is 0.364. The summed E-state index contributed by atoms with van der Waals surface area (Å²) < 4.78 is 23.9. The number of amides is 1. The van der Waals surface area contributed by atoms with Crippen LogP contribution >= 0.6 is 12.2 Å². The Labute approximate surface area is 123 Å². The lowest BCUT2D eigenvalue weighted by Crippen LogP contribution is -2.29. The Kier molecular flexibility index (Phi) is 5.99. The van der Waals surface area contributed by atoms with Gasteiger partial charge >= 0.3 is 0 Å². The van der Waals surface area contributed by atoms with Crippen molar-refractivity contribution in [1.82, 2.24) is 15.0 Å². The SMILES string of the molecule is CS(=O)(=O)NCCCNC(=O)c1ccc(C(N)=S)cn1. The summed E-state index contributed by atoms with van der Waals surface area (Å²) in [4.78, 5) is 15.9. The molecular weight excluding hydrogens is 300 g/mol. The summed E-state index contributed by atoms with van der Waals surface area (Å²) >= 11 is 4.78. The third-order valence-electron chi connectivity index (χ3n) is 2.28. The minimum Gasteiger partial charge on any atom is -0.389 e. The molecule has 9 heteroatoms. The molecule has 0 saturated heterocycles. The summed E-state index contributed by atoms with van der Waals surface area (Å²) in [6, 6.07) is 3.15. The number of nitrogens with one attached hydrogen (secondary N) is 2. The van der Waals surface area contributed by atoms with Crippen molar-refractivity contribution < 1.29 is 13.2 Å². The van der Waals surface area contributed by atoms with Crippen molar-refractivity contribution >= 4 is 33.1 Å². The largest absolute Gasteiger partial charge is 0.389 e. The molecule has 0 spiro atoms. The molecule has 110 valence electrons. The maximum atomic E-state index is 11.7. The maximum absolute atomic E-state index is 11.7. The van der Waals surface area contributed by atoms with Crippen molar-refractivity contribution in [2.75, 3.05) is 19.3 Å². The molecule has 1 heterocycles. The monoisotopic (exact) mass is 316 g/mol. The number of thiocarbonyl (C=S) groups is 1. The third kappa shape index (κ3) is 6.04. The summed E-state index contributed by atoms with van der Waals surface area (Å²) in [5.41, 5.74) is 6.27. The Balaban J connectivity index is 2.38. The second kappa shape index (κ2) is 7.27. The van der Waals surface area contributed by atoms with Crippen LogP contribution in [0.4, 0.5) is 0 Å². The van der Waals surface area contributed by atoms with Crippen LogP contribution in [0, 0.1) is 0 Å². The first kappa shape index (κ1) is 16.5. The standard InChI is InChI=1S/C11H16N4O3S2/c1-20(17,18)15-6-2-5-13-11(16)9-4-3-8(7-14-9)10(12)19/h3-4,7,15H,2,5-6H2,1H3,(H2,12,19)(H,13,16). The number of hydrogen-bond donors (Lipinski definition) is 3. The number of pyridine rings is 1.